The van der Waals surface area contributed by atoms with E-state index in [2.05, 4.69) is 47.6 Å². The maximum atomic E-state index is 11.7. The monoisotopic (exact) mass is 499 g/mol. The minimum Gasteiger partial charge on any atom is -0.508 e. The van der Waals surface area contributed by atoms with Gasteiger partial charge in [0.1, 0.15) is 18.2 Å². The highest BCUT2D eigenvalue weighted by Gasteiger charge is 2.23. The molecule has 2 rings (SSSR count). The Bertz CT molecular complexity index is 1020. The third-order valence-corrected chi connectivity index (χ3v) is 6.10. The molecule has 0 aliphatic heterocycles. The van der Waals surface area contributed by atoms with Gasteiger partial charge in [-0.25, -0.2) is 0 Å². The van der Waals surface area contributed by atoms with Crippen molar-refractivity contribution in [2.45, 2.75) is 78.1 Å². The molecule has 7 nitrogen and oxygen atoms in total. The number of aryl methyl sites for hydroxylation is 2. The lowest BCUT2D eigenvalue weighted by atomic mass is 9.85. The van der Waals surface area contributed by atoms with E-state index in [4.69, 9.17) is 24.4 Å². The zero-order valence-corrected chi connectivity index (χ0v) is 22.6. The first kappa shape index (κ1) is 28.4. The molecule has 0 bridgehead atoms. The van der Waals surface area contributed by atoms with Crippen molar-refractivity contribution in [2.75, 3.05) is 6.73 Å². The van der Waals surface area contributed by atoms with Crippen molar-refractivity contribution in [3.05, 3.63) is 58.7 Å². The van der Waals surface area contributed by atoms with E-state index >= 15 is 0 Å². The topological polar surface area (TPSA) is 108 Å². The molecule has 0 aliphatic rings. The molecule has 0 atom stereocenters. The summed E-state index contributed by atoms with van der Waals surface area (Å²) in [7, 11) is -0.257. The van der Waals surface area contributed by atoms with Gasteiger partial charge < -0.3 is 18.7 Å². The van der Waals surface area contributed by atoms with E-state index < -0.39 is 5.97 Å². The first-order valence-corrected chi connectivity index (χ1v) is 12.6. The molecule has 0 unspecified atom stereocenters. The van der Waals surface area contributed by atoms with Crippen molar-refractivity contribution >= 4 is 21.9 Å². The van der Waals surface area contributed by atoms with Crippen LogP contribution in [0.25, 0.3) is 0 Å². The van der Waals surface area contributed by atoms with Gasteiger partial charge in [0.05, 0.1) is 0 Å². The van der Waals surface area contributed by atoms with Gasteiger partial charge in [-0.15, -0.1) is 0 Å². The van der Waals surface area contributed by atoms with Gasteiger partial charge in [0.2, 0.25) is 0 Å². The Kier molecular flexibility index (Phi) is 9.91. The number of carboxylic acids is 1. The third kappa shape index (κ3) is 9.03. The normalized spacial score (nSPS) is 11.7. The van der Waals surface area contributed by atoms with Crippen LogP contribution < -0.4 is 14.6 Å². The van der Waals surface area contributed by atoms with Crippen LogP contribution in [0.1, 0.15) is 76.6 Å². The van der Waals surface area contributed by atoms with E-state index in [0.29, 0.717) is 12.8 Å². The van der Waals surface area contributed by atoms with Crippen molar-refractivity contribution in [3.8, 4) is 11.5 Å². The molecule has 0 saturated heterocycles. The zero-order valence-electron chi connectivity index (χ0n) is 21.6. The molecule has 2 aromatic carbocycles. The smallest absolute Gasteiger partial charge is 0.508 e. The first-order chi connectivity index (χ1) is 16.3. The second kappa shape index (κ2) is 12.2. The average molecular weight is 500 g/mol. The maximum Gasteiger partial charge on any atom is 0.610 e. The highest BCUT2D eigenvalue weighted by molar-refractivity contribution is 6.20. The molecule has 0 aromatic heterocycles. The van der Waals surface area contributed by atoms with Crippen molar-refractivity contribution in [2.24, 2.45) is 5.73 Å². The molecule has 0 heterocycles. The molecular formula is C27H37NO6Si. The van der Waals surface area contributed by atoms with Gasteiger partial charge >= 0.3 is 21.9 Å². The van der Waals surface area contributed by atoms with E-state index in [0.717, 1.165) is 33.8 Å². The van der Waals surface area contributed by atoms with Crippen LogP contribution in [0.3, 0.4) is 0 Å². The predicted octanol–water partition coefficient (Wildman–Crippen LogP) is 4.68. The number of esters is 1. The van der Waals surface area contributed by atoms with Crippen molar-refractivity contribution in [3.63, 3.8) is 0 Å². The number of nitrogens with two attached hydrogens (primary N) is 1. The fraction of sp³-hybridized carbons (Fsp3) is 0.481. The van der Waals surface area contributed by atoms with Gasteiger partial charge in [0.25, 0.3) is 0 Å². The van der Waals surface area contributed by atoms with Crippen LogP contribution in [0.5, 0.6) is 11.5 Å². The summed E-state index contributed by atoms with van der Waals surface area (Å²) in [6, 6.07) is 11.7. The van der Waals surface area contributed by atoms with E-state index in [1.807, 2.05) is 30.3 Å². The molecule has 35 heavy (non-hydrogen) atoms. The Balaban J connectivity index is 2.15. The summed E-state index contributed by atoms with van der Waals surface area (Å²) < 4.78 is 17.0. The quantitative estimate of drug-likeness (QED) is 0.262. The van der Waals surface area contributed by atoms with Gasteiger partial charge in [-0.1, -0.05) is 65.8 Å². The Labute approximate surface area is 211 Å². The average Bonchev–Trinajstić information content (AvgIpc) is 2.76. The Hall–Kier alpha value is -2.84. The molecule has 0 saturated carbocycles. The number of hydrogen-bond donors (Lipinski definition) is 2. The number of carbonyl (C=O) groups is 2. The van der Waals surface area contributed by atoms with E-state index in [-0.39, 0.29) is 46.4 Å². The summed E-state index contributed by atoms with van der Waals surface area (Å²) in [6.07, 6.45) is 1.39. The summed E-state index contributed by atoms with van der Waals surface area (Å²) in [5, 5.41) is 8.99. The van der Waals surface area contributed by atoms with Crippen molar-refractivity contribution in [1.82, 2.24) is 0 Å². The number of rotatable bonds is 11. The molecule has 3 N–H and O–H groups in total. The minimum absolute atomic E-state index is 0.0917. The van der Waals surface area contributed by atoms with E-state index in [1.54, 1.807) is 0 Å². The zero-order chi connectivity index (χ0) is 26.2. The highest BCUT2D eigenvalue weighted by Crippen LogP contribution is 2.34. The molecule has 0 fully saturated rings. The Morgan fingerprint density at radius 2 is 1.29 bits per heavy atom. The molecule has 0 spiro atoms. The second-order valence-electron chi connectivity index (χ2n) is 10.5. The van der Waals surface area contributed by atoms with Gasteiger partial charge in [-0.2, -0.15) is 0 Å². The molecule has 0 aliphatic carbocycles. The fourth-order valence-electron chi connectivity index (χ4n) is 3.59. The first-order valence-electron chi connectivity index (χ1n) is 11.7. The fourth-order valence-corrected chi connectivity index (χ4v) is 4.17. The van der Waals surface area contributed by atoms with E-state index in [1.165, 1.54) is 0 Å². The maximum absolute atomic E-state index is 11.7. The van der Waals surface area contributed by atoms with Crippen LogP contribution in [0.2, 0.25) is 0 Å². The molecular weight excluding hydrogens is 462 g/mol. The van der Waals surface area contributed by atoms with Gasteiger partial charge in [0, 0.05) is 12.8 Å². The number of carboxylic acid groups (broad SMARTS) is 1. The molecule has 8 heteroatoms. The van der Waals surface area contributed by atoms with Crippen LogP contribution in [0.15, 0.2) is 36.4 Å². The third-order valence-electron chi connectivity index (χ3n) is 5.50. The van der Waals surface area contributed by atoms with Crippen LogP contribution in [0, 0.1) is 0 Å². The number of carbonyl (C=O) groups excluding carboxylic acids is 1. The summed E-state index contributed by atoms with van der Waals surface area (Å²) >= 11 is 0. The molecule has 2 aromatic rings. The second-order valence-corrected chi connectivity index (χ2v) is 11.1. The minimum atomic E-state index is -0.811. The molecule has 0 amide bonds. The van der Waals surface area contributed by atoms with E-state index in [9.17, 15) is 9.59 Å². The number of aliphatic carboxylic acids is 1. The van der Waals surface area contributed by atoms with Gasteiger partial charge in [0.15, 0.2) is 0 Å². The largest absolute Gasteiger partial charge is 0.610 e. The van der Waals surface area contributed by atoms with Crippen molar-refractivity contribution in [1.29, 1.82) is 0 Å². The van der Waals surface area contributed by atoms with Crippen LogP contribution >= 0.6 is 0 Å². The molecule has 2 radical (unpaired) electrons. The Morgan fingerprint density at radius 3 is 1.69 bits per heavy atom. The van der Waals surface area contributed by atoms with Gasteiger partial charge in [-0.05, 0) is 58.1 Å². The summed E-state index contributed by atoms with van der Waals surface area (Å²) in [5.74, 6) is 0.332. The van der Waals surface area contributed by atoms with Crippen LogP contribution in [0.4, 0.5) is 0 Å². The summed E-state index contributed by atoms with van der Waals surface area (Å²) in [4.78, 5) is 22.6. The summed E-state index contributed by atoms with van der Waals surface area (Å²) in [6.45, 7) is 12.5. The van der Waals surface area contributed by atoms with Gasteiger partial charge in [-0.3, -0.25) is 15.3 Å². The lowest BCUT2D eigenvalue weighted by Crippen LogP contribution is -2.20. The lowest BCUT2D eigenvalue weighted by molar-refractivity contribution is -0.143. The summed E-state index contributed by atoms with van der Waals surface area (Å²) in [5.41, 5.74) is 8.93. The number of ether oxygens (including phenoxy) is 1. The predicted molar refractivity (Wildman–Crippen MR) is 137 cm³/mol. The highest BCUT2D eigenvalue weighted by atomic mass is 28.3. The number of benzene rings is 2. The molecule has 190 valence electrons. The standard InChI is InChI=1S/C27H37NO6Si/c1-26(2,3)20-15-18(9-13-24(29)30)7-11-22(20)33-35-34-23-12-8-19(10-14-25(31)32-17-28)16-21(23)27(4,5)6/h7-8,11-12,15-16H,9-10,13-14,17,28H2,1-6H3,(H,29,30). The van der Waals surface area contributed by atoms with Crippen molar-refractivity contribution < 1.29 is 28.3 Å². The SMILES string of the molecule is CC(C)(C)c1cc(CCC(=O)O)ccc1O[Si]Oc1ccc(CCC(=O)OCN)cc1C(C)(C)C. The van der Waals surface area contributed by atoms with Crippen LogP contribution in [-0.2, 0) is 38.0 Å². The Morgan fingerprint density at radius 1 is 0.829 bits per heavy atom. The van der Waals surface area contributed by atoms with Crippen LogP contribution in [-0.4, -0.2) is 33.8 Å². The number of hydrogen-bond acceptors (Lipinski definition) is 6. The lowest BCUT2D eigenvalue weighted by Gasteiger charge is -2.25.